The molecule has 9 nitrogen and oxygen atoms in total. The normalized spacial score (nSPS) is 20.1. The van der Waals surface area contributed by atoms with Gasteiger partial charge < -0.3 is 15.4 Å². The predicted molar refractivity (Wildman–Crippen MR) is 134 cm³/mol. The van der Waals surface area contributed by atoms with Crippen molar-refractivity contribution in [3.8, 4) is 5.75 Å². The van der Waals surface area contributed by atoms with E-state index in [1.165, 1.54) is 0 Å². The molecule has 2 aliphatic heterocycles. The van der Waals surface area contributed by atoms with Crippen LogP contribution in [0.2, 0.25) is 0 Å². The maximum Gasteiger partial charge on any atom is 0.254 e. The third-order valence-electron chi connectivity index (χ3n) is 6.16. The van der Waals surface area contributed by atoms with Crippen molar-refractivity contribution >= 4 is 39.3 Å². The summed E-state index contributed by atoms with van der Waals surface area (Å²) in [6, 6.07) is 13.0. The van der Waals surface area contributed by atoms with Crippen LogP contribution >= 0.6 is 11.0 Å². The van der Waals surface area contributed by atoms with E-state index in [0.29, 0.717) is 42.3 Å². The van der Waals surface area contributed by atoms with Gasteiger partial charge in [-0.15, -0.1) is 4.40 Å². The van der Waals surface area contributed by atoms with E-state index in [0.717, 1.165) is 29.3 Å². The molecule has 1 atom stereocenters. The Balaban J connectivity index is 1.31. The first-order valence-corrected chi connectivity index (χ1v) is 12.6. The SMILES string of the molecule is Cc1ccc2nccc(C(=O)N3CCCC(COc4cccc5c4C(N)=NS(O)(O)N5)C3)c2c1. The molecular formula is C24H27N5O4S. The molecule has 0 spiro atoms. The topological polar surface area (TPSA) is 133 Å². The van der Waals surface area contributed by atoms with Crippen molar-refractivity contribution < 1.29 is 18.6 Å². The minimum atomic E-state index is -3.35. The van der Waals surface area contributed by atoms with Crippen LogP contribution in [0.25, 0.3) is 10.9 Å². The van der Waals surface area contributed by atoms with Crippen molar-refractivity contribution in [3.63, 3.8) is 0 Å². The van der Waals surface area contributed by atoms with Crippen LogP contribution in [0.15, 0.2) is 53.1 Å². The molecule has 34 heavy (non-hydrogen) atoms. The smallest absolute Gasteiger partial charge is 0.254 e. The molecule has 0 saturated carbocycles. The molecule has 5 N–H and O–H groups in total. The molecule has 1 saturated heterocycles. The Labute approximate surface area is 199 Å². The summed E-state index contributed by atoms with van der Waals surface area (Å²) in [5, 5.41) is 0.870. The van der Waals surface area contributed by atoms with Gasteiger partial charge in [0.1, 0.15) is 5.75 Å². The number of likely N-dealkylation sites (tertiary alicyclic amines) is 1. The van der Waals surface area contributed by atoms with E-state index >= 15 is 0 Å². The fourth-order valence-corrected chi connectivity index (χ4v) is 5.44. The number of benzene rings is 2. The zero-order valence-corrected chi connectivity index (χ0v) is 19.6. The van der Waals surface area contributed by atoms with Crippen LogP contribution in [0.1, 0.15) is 34.3 Å². The number of aryl methyl sites for hydroxylation is 1. The molecule has 1 fully saturated rings. The van der Waals surface area contributed by atoms with Gasteiger partial charge in [0.15, 0.2) is 5.84 Å². The summed E-state index contributed by atoms with van der Waals surface area (Å²) >= 11 is 0. The molecule has 0 radical (unpaired) electrons. The Morgan fingerprint density at radius 1 is 1.29 bits per heavy atom. The molecule has 0 aliphatic carbocycles. The highest BCUT2D eigenvalue weighted by Crippen LogP contribution is 2.46. The van der Waals surface area contributed by atoms with Gasteiger partial charge in [0.2, 0.25) is 0 Å². The second-order valence-corrected chi connectivity index (χ2v) is 10.1. The monoisotopic (exact) mass is 481 g/mol. The number of hydrogen-bond acceptors (Lipinski definition) is 8. The standard InChI is InChI=1S/C24H27N5O4S/c1-15-7-8-19-18(12-15)17(9-10-26-19)24(30)29-11-3-4-16(13-29)14-33-21-6-2-5-20-22(21)23(25)28-34(31,32)27-20/h2,5-10,12,16,27,31-32H,3-4,11,13-14H2,1H3,(H2,25,28). The maximum atomic E-state index is 13.4. The summed E-state index contributed by atoms with van der Waals surface area (Å²) in [4.78, 5) is 19.7. The zero-order valence-electron chi connectivity index (χ0n) is 18.8. The highest BCUT2D eigenvalue weighted by atomic mass is 32.3. The van der Waals surface area contributed by atoms with E-state index in [9.17, 15) is 13.9 Å². The summed E-state index contributed by atoms with van der Waals surface area (Å²) in [6.07, 6.45) is 3.52. The van der Waals surface area contributed by atoms with Crippen LogP contribution in [-0.4, -0.2) is 50.4 Å². The Kier molecular flexibility index (Phi) is 5.80. The van der Waals surface area contributed by atoms with Crippen molar-refractivity contribution in [3.05, 3.63) is 65.4 Å². The Morgan fingerprint density at radius 3 is 3.00 bits per heavy atom. The number of piperidine rings is 1. The molecule has 1 aromatic heterocycles. The van der Waals surface area contributed by atoms with E-state index in [-0.39, 0.29) is 17.7 Å². The van der Waals surface area contributed by atoms with Crippen molar-refractivity contribution in [2.75, 3.05) is 24.4 Å². The van der Waals surface area contributed by atoms with Gasteiger partial charge in [0.05, 0.1) is 28.9 Å². The molecule has 1 unspecified atom stereocenters. The Morgan fingerprint density at radius 2 is 2.15 bits per heavy atom. The summed E-state index contributed by atoms with van der Waals surface area (Å²) < 4.78 is 32.1. The number of amides is 1. The fraction of sp³-hybridized carbons (Fsp3) is 0.292. The lowest BCUT2D eigenvalue weighted by Gasteiger charge is -2.34. The summed E-state index contributed by atoms with van der Waals surface area (Å²) in [5.74, 6) is 0.689. The maximum absolute atomic E-state index is 13.4. The number of nitrogens with one attached hydrogen (secondary N) is 1. The first kappa shape index (κ1) is 22.5. The van der Waals surface area contributed by atoms with Gasteiger partial charge in [-0.05, 0) is 61.1 Å². The number of ether oxygens (including phenoxy) is 1. The summed E-state index contributed by atoms with van der Waals surface area (Å²) in [5.41, 5.74) is 9.53. The molecule has 2 aliphatic rings. The average Bonchev–Trinajstić information content (AvgIpc) is 2.81. The van der Waals surface area contributed by atoms with Gasteiger partial charge in [-0.3, -0.25) is 23.6 Å². The molecule has 1 amide bonds. The van der Waals surface area contributed by atoms with E-state index in [1.807, 2.05) is 30.0 Å². The predicted octanol–water partition coefficient (Wildman–Crippen LogP) is 4.19. The van der Waals surface area contributed by atoms with Crippen LogP contribution in [0.3, 0.4) is 0 Å². The molecule has 2 aromatic carbocycles. The van der Waals surface area contributed by atoms with E-state index < -0.39 is 11.0 Å². The molecule has 10 heteroatoms. The first-order valence-electron chi connectivity index (χ1n) is 11.1. The number of anilines is 1. The number of rotatable bonds is 4. The van der Waals surface area contributed by atoms with Gasteiger partial charge in [-0.25, -0.2) is 0 Å². The van der Waals surface area contributed by atoms with Crippen molar-refractivity contribution in [2.45, 2.75) is 19.8 Å². The van der Waals surface area contributed by atoms with E-state index in [4.69, 9.17) is 10.5 Å². The lowest BCUT2D eigenvalue weighted by atomic mass is 9.97. The van der Waals surface area contributed by atoms with Crippen LogP contribution in [0.4, 0.5) is 5.69 Å². The first-order chi connectivity index (χ1) is 16.3. The van der Waals surface area contributed by atoms with Crippen LogP contribution in [-0.2, 0) is 0 Å². The van der Waals surface area contributed by atoms with Crippen molar-refractivity contribution in [2.24, 2.45) is 16.0 Å². The second kappa shape index (κ2) is 8.79. The lowest BCUT2D eigenvalue weighted by Crippen LogP contribution is -2.41. The molecule has 3 aromatic rings. The molecular weight excluding hydrogens is 454 g/mol. The van der Waals surface area contributed by atoms with Gasteiger partial charge in [0, 0.05) is 30.6 Å². The number of hydrogen-bond donors (Lipinski definition) is 4. The van der Waals surface area contributed by atoms with E-state index in [2.05, 4.69) is 14.1 Å². The van der Waals surface area contributed by atoms with Gasteiger partial charge in [0.25, 0.3) is 5.91 Å². The van der Waals surface area contributed by atoms with Crippen LogP contribution in [0, 0.1) is 12.8 Å². The highest BCUT2D eigenvalue weighted by Gasteiger charge is 2.28. The average molecular weight is 482 g/mol. The number of nitrogens with zero attached hydrogens (tertiary/aromatic N) is 3. The number of fused-ring (bicyclic) bond motifs is 2. The molecule has 5 rings (SSSR count). The van der Waals surface area contributed by atoms with Crippen molar-refractivity contribution in [1.29, 1.82) is 0 Å². The number of carbonyl (C=O) groups is 1. The number of carbonyl (C=O) groups excluding carboxylic acids is 1. The van der Waals surface area contributed by atoms with Gasteiger partial charge >= 0.3 is 0 Å². The number of amidine groups is 1. The molecule has 178 valence electrons. The lowest BCUT2D eigenvalue weighted by molar-refractivity contribution is 0.0635. The minimum Gasteiger partial charge on any atom is -0.492 e. The zero-order chi connectivity index (χ0) is 23.9. The fourth-order valence-electron chi connectivity index (χ4n) is 4.56. The van der Waals surface area contributed by atoms with Gasteiger partial charge in [-0.2, -0.15) is 0 Å². The van der Waals surface area contributed by atoms with Crippen LogP contribution in [0.5, 0.6) is 5.75 Å². The quantitative estimate of drug-likeness (QED) is 0.439. The Hall–Kier alpha value is -3.34. The minimum absolute atomic E-state index is 0.00516. The van der Waals surface area contributed by atoms with Gasteiger partial charge in [-0.1, -0.05) is 17.7 Å². The summed E-state index contributed by atoms with van der Waals surface area (Å²) in [7, 11) is -3.35. The third-order valence-corrected chi connectivity index (χ3v) is 7.11. The van der Waals surface area contributed by atoms with E-state index in [1.54, 1.807) is 30.5 Å². The number of aromatic nitrogens is 1. The molecule has 0 bridgehead atoms. The highest BCUT2D eigenvalue weighted by molar-refractivity contribution is 8.24. The third kappa shape index (κ3) is 4.39. The Bertz CT molecular complexity index is 1300. The molecule has 3 heterocycles. The number of nitrogens with two attached hydrogens (primary N) is 1. The summed E-state index contributed by atoms with van der Waals surface area (Å²) in [6.45, 7) is 3.70. The van der Waals surface area contributed by atoms with Crippen LogP contribution < -0.4 is 15.2 Å². The number of pyridine rings is 1. The largest absolute Gasteiger partial charge is 0.492 e. The second-order valence-electron chi connectivity index (χ2n) is 8.73. The van der Waals surface area contributed by atoms with Crippen molar-refractivity contribution in [1.82, 2.24) is 9.88 Å².